The van der Waals surface area contributed by atoms with E-state index in [0.29, 0.717) is 25.4 Å². The number of amides is 1. The number of halogens is 3. The van der Waals surface area contributed by atoms with Crippen molar-refractivity contribution in [3.8, 4) is 5.75 Å². The van der Waals surface area contributed by atoms with E-state index in [2.05, 4.69) is 0 Å². The first kappa shape index (κ1) is 17.6. The van der Waals surface area contributed by atoms with E-state index >= 15 is 0 Å². The fourth-order valence-electron chi connectivity index (χ4n) is 2.91. The molecule has 4 nitrogen and oxygen atoms in total. The van der Waals surface area contributed by atoms with Crippen LogP contribution in [0, 0.1) is 0 Å². The minimum atomic E-state index is -4.17. The molecular weight excluding hydrogens is 309 g/mol. The van der Waals surface area contributed by atoms with Gasteiger partial charge in [0.15, 0.2) is 0 Å². The number of rotatable bonds is 4. The molecule has 1 atom stereocenters. The Bertz CT molecular complexity index is 548. The van der Waals surface area contributed by atoms with Gasteiger partial charge in [0.2, 0.25) is 5.91 Å². The molecule has 0 spiro atoms. The number of methoxy groups -OCH3 is 1. The molecule has 1 heterocycles. The topological polar surface area (TPSA) is 32.8 Å². The van der Waals surface area contributed by atoms with Gasteiger partial charge < -0.3 is 9.64 Å². The van der Waals surface area contributed by atoms with Crippen LogP contribution < -0.4 is 4.74 Å². The lowest BCUT2D eigenvalue weighted by molar-refractivity contribution is -0.143. The number of alkyl halides is 3. The smallest absolute Gasteiger partial charge is 0.390 e. The molecule has 128 valence electrons. The van der Waals surface area contributed by atoms with Gasteiger partial charge in [0.25, 0.3) is 0 Å². The maximum Gasteiger partial charge on any atom is 0.390 e. The molecule has 1 amide bonds. The highest BCUT2D eigenvalue weighted by Gasteiger charge is 2.34. The summed E-state index contributed by atoms with van der Waals surface area (Å²) in [5.41, 5.74) is 0.821. The third kappa shape index (κ3) is 4.60. The second-order valence-electron chi connectivity index (χ2n) is 5.64. The standard InChI is InChI=1S/C16H21F3N2O2/c1-12(22)21-10-9-20(8-7-16(17,18)19)11-14(21)13-5-3-4-6-15(13)23-2/h3-6,14H,7-11H2,1-2H3/t14-/m1/s1. The van der Waals surface area contributed by atoms with Crippen molar-refractivity contribution in [3.63, 3.8) is 0 Å². The van der Waals surface area contributed by atoms with Crippen LogP contribution in [-0.2, 0) is 4.79 Å². The molecule has 1 aliphatic heterocycles. The molecule has 1 aromatic carbocycles. The summed E-state index contributed by atoms with van der Waals surface area (Å²) in [6.07, 6.45) is -5.01. The number of hydrogen-bond donors (Lipinski definition) is 0. The first-order valence-electron chi connectivity index (χ1n) is 7.51. The van der Waals surface area contributed by atoms with Crippen molar-refractivity contribution in [1.82, 2.24) is 9.80 Å². The van der Waals surface area contributed by atoms with Gasteiger partial charge in [0.1, 0.15) is 5.75 Å². The number of hydrogen-bond acceptors (Lipinski definition) is 3. The van der Waals surface area contributed by atoms with E-state index in [1.165, 1.54) is 6.92 Å². The highest BCUT2D eigenvalue weighted by Crippen LogP contribution is 2.32. The Balaban J connectivity index is 2.19. The minimum absolute atomic E-state index is 0.0547. The van der Waals surface area contributed by atoms with Crippen LogP contribution in [0.25, 0.3) is 0 Å². The summed E-state index contributed by atoms with van der Waals surface area (Å²) in [6.45, 7) is 2.65. The van der Waals surface area contributed by atoms with Crippen LogP contribution in [0.5, 0.6) is 5.75 Å². The molecule has 0 bridgehead atoms. The molecule has 0 aliphatic carbocycles. The van der Waals surface area contributed by atoms with E-state index in [1.807, 2.05) is 18.2 Å². The molecule has 0 aromatic heterocycles. The number of carbonyl (C=O) groups excluding carboxylic acids is 1. The SMILES string of the molecule is COc1ccccc1[C@H]1CN(CCC(F)(F)F)CCN1C(C)=O. The Labute approximate surface area is 133 Å². The number of carbonyl (C=O) groups is 1. The Morgan fingerprint density at radius 3 is 2.61 bits per heavy atom. The Kier molecular flexibility index (Phi) is 5.51. The van der Waals surface area contributed by atoms with Crippen LogP contribution in [0.15, 0.2) is 24.3 Å². The van der Waals surface area contributed by atoms with Gasteiger partial charge in [-0.2, -0.15) is 13.2 Å². The van der Waals surface area contributed by atoms with E-state index in [0.717, 1.165) is 5.56 Å². The van der Waals surface area contributed by atoms with Crippen LogP contribution in [0.4, 0.5) is 13.2 Å². The maximum absolute atomic E-state index is 12.4. The highest BCUT2D eigenvalue weighted by molar-refractivity contribution is 5.74. The predicted molar refractivity (Wildman–Crippen MR) is 80.2 cm³/mol. The quantitative estimate of drug-likeness (QED) is 0.851. The van der Waals surface area contributed by atoms with Crippen molar-refractivity contribution in [2.75, 3.05) is 33.3 Å². The normalized spacial score (nSPS) is 19.7. The molecule has 0 N–H and O–H groups in total. The van der Waals surface area contributed by atoms with E-state index in [4.69, 9.17) is 4.74 Å². The Morgan fingerprint density at radius 2 is 2.00 bits per heavy atom. The number of ether oxygens (including phenoxy) is 1. The van der Waals surface area contributed by atoms with Crippen molar-refractivity contribution in [2.24, 2.45) is 0 Å². The monoisotopic (exact) mass is 330 g/mol. The van der Waals surface area contributed by atoms with Crippen LogP contribution >= 0.6 is 0 Å². The summed E-state index contributed by atoms with van der Waals surface area (Å²) in [7, 11) is 1.54. The van der Waals surface area contributed by atoms with Gasteiger partial charge in [-0.1, -0.05) is 18.2 Å². The molecule has 1 saturated heterocycles. The highest BCUT2D eigenvalue weighted by atomic mass is 19.4. The van der Waals surface area contributed by atoms with Gasteiger partial charge in [-0.05, 0) is 6.07 Å². The van der Waals surface area contributed by atoms with E-state index in [1.54, 1.807) is 23.0 Å². The summed E-state index contributed by atoms with van der Waals surface area (Å²) in [6, 6.07) is 7.01. The largest absolute Gasteiger partial charge is 0.496 e. The second kappa shape index (κ2) is 7.21. The van der Waals surface area contributed by atoms with Gasteiger partial charge in [0.05, 0.1) is 19.6 Å². The number of para-hydroxylation sites is 1. The molecule has 0 unspecified atom stereocenters. The molecule has 23 heavy (non-hydrogen) atoms. The molecule has 0 radical (unpaired) electrons. The first-order chi connectivity index (χ1) is 10.8. The lowest BCUT2D eigenvalue weighted by Gasteiger charge is -2.41. The van der Waals surface area contributed by atoms with Crippen molar-refractivity contribution < 1.29 is 22.7 Å². The van der Waals surface area contributed by atoms with Gasteiger partial charge in [-0.15, -0.1) is 0 Å². The zero-order chi connectivity index (χ0) is 17.0. The molecule has 1 aromatic rings. The first-order valence-corrected chi connectivity index (χ1v) is 7.51. The van der Waals surface area contributed by atoms with Gasteiger partial charge >= 0.3 is 6.18 Å². The van der Waals surface area contributed by atoms with Crippen molar-refractivity contribution in [1.29, 1.82) is 0 Å². The summed E-state index contributed by atoms with van der Waals surface area (Å²) < 4.78 is 42.7. The molecule has 1 fully saturated rings. The summed E-state index contributed by atoms with van der Waals surface area (Å²) in [4.78, 5) is 15.3. The fourth-order valence-corrected chi connectivity index (χ4v) is 2.91. The lowest BCUT2D eigenvalue weighted by Crippen LogP contribution is -2.50. The number of benzene rings is 1. The van der Waals surface area contributed by atoms with Crippen LogP contribution in [-0.4, -0.2) is 55.2 Å². The van der Waals surface area contributed by atoms with Crippen LogP contribution in [0.3, 0.4) is 0 Å². The summed E-state index contributed by atoms with van der Waals surface area (Å²) in [5.74, 6) is 0.554. The third-order valence-electron chi connectivity index (χ3n) is 4.08. The van der Waals surface area contributed by atoms with Crippen LogP contribution in [0.2, 0.25) is 0 Å². The Morgan fingerprint density at radius 1 is 1.30 bits per heavy atom. The van der Waals surface area contributed by atoms with E-state index in [9.17, 15) is 18.0 Å². The molecular formula is C16H21F3N2O2. The molecule has 0 saturated carbocycles. The van der Waals surface area contributed by atoms with Crippen molar-refractivity contribution in [2.45, 2.75) is 25.6 Å². The number of piperazine rings is 1. The van der Waals surface area contributed by atoms with Gasteiger partial charge in [0, 0.05) is 38.7 Å². The average molecular weight is 330 g/mol. The molecule has 2 rings (SSSR count). The zero-order valence-corrected chi connectivity index (χ0v) is 13.3. The van der Waals surface area contributed by atoms with Gasteiger partial charge in [-0.3, -0.25) is 9.69 Å². The maximum atomic E-state index is 12.4. The molecule has 7 heteroatoms. The van der Waals surface area contributed by atoms with Crippen molar-refractivity contribution in [3.05, 3.63) is 29.8 Å². The third-order valence-corrected chi connectivity index (χ3v) is 4.08. The minimum Gasteiger partial charge on any atom is -0.496 e. The summed E-state index contributed by atoms with van der Waals surface area (Å²) in [5, 5.41) is 0. The van der Waals surface area contributed by atoms with E-state index < -0.39 is 12.6 Å². The van der Waals surface area contributed by atoms with Crippen LogP contribution in [0.1, 0.15) is 24.9 Å². The van der Waals surface area contributed by atoms with Gasteiger partial charge in [-0.25, -0.2) is 0 Å². The Hall–Kier alpha value is -1.76. The number of nitrogens with zero attached hydrogens (tertiary/aromatic N) is 2. The second-order valence-corrected chi connectivity index (χ2v) is 5.64. The fraction of sp³-hybridized carbons (Fsp3) is 0.562. The summed E-state index contributed by atoms with van der Waals surface area (Å²) >= 11 is 0. The van der Waals surface area contributed by atoms with E-state index in [-0.39, 0.29) is 18.5 Å². The predicted octanol–water partition coefficient (Wildman–Crippen LogP) is 2.85. The average Bonchev–Trinajstić information content (AvgIpc) is 2.51. The van der Waals surface area contributed by atoms with Crippen molar-refractivity contribution >= 4 is 5.91 Å². The lowest BCUT2D eigenvalue weighted by atomic mass is 10.0. The molecule has 1 aliphatic rings. The zero-order valence-electron chi connectivity index (χ0n) is 13.3.